The van der Waals surface area contributed by atoms with E-state index in [0.717, 1.165) is 54.9 Å². The van der Waals surface area contributed by atoms with Gasteiger partial charge in [-0.25, -0.2) is 0 Å². The highest BCUT2D eigenvalue weighted by Crippen LogP contribution is 2.29. The molecule has 0 aliphatic carbocycles. The van der Waals surface area contributed by atoms with Crippen LogP contribution < -0.4 is 4.74 Å². The zero-order valence-electron chi connectivity index (χ0n) is 15.4. The molecule has 2 aliphatic heterocycles. The summed E-state index contributed by atoms with van der Waals surface area (Å²) in [6, 6.07) is 5.75. The van der Waals surface area contributed by atoms with Crippen molar-refractivity contribution in [1.82, 2.24) is 15.0 Å². The van der Waals surface area contributed by atoms with Gasteiger partial charge in [-0.15, -0.1) is 0 Å². The van der Waals surface area contributed by atoms with Crippen LogP contribution in [0.15, 0.2) is 22.7 Å². The van der Waals surface area contributed by atoms with Crippen molar-refractivity contribution in [3.05, 3.63) is 41.0 Å². The molecular weight excluding hydrogens is 330 g/mol. The molecule has 0 bridgehead atoms. The normalized spacial score (nSPS) is 19.5. The van der Waals surface area contributed by atoms with E-state index in [1.54, 1.807) is 0 Å². The minimum atomic E-state index is 0.0753. The van der Waals surface area contributed by atoms with Crippen molar-refractivity contribution in [2.45, 2.75) is 45.4 Å². The van der Waals surface area contributed by atoms with Crippen molar-refractivity contribution >= 4 is 5.91 Å². The van der Waals surface area contributed by atoms with Crippen LogP contribution in [0.2, 0.25) is 0 Å². The SMILES string of the molecule is CC(C)Cc1noc(C2CCCN(C(=O)c3ccc4c(c3)CCO4)C2)n1. The second-order valence-electron chi connectivity index (χ2n) is 7.66. The molecular formula is C20H25N3O3. The third-order valence-electron chi connectivity index (χ3n) is 5.07. The van der Waals surface area contributed by atoms with E-state index < -0.39 is 0 Å². The van der Waals surface area contributed by atoms with Gasteiger partial charge in [0.05, 0.1) is 12.5 Å². The number of carbonyl (C=O) groups excluding carboxylic acids is 1. The molecule has 26 heavy (non-hydrogen) atoms. The van der Waals surface area contributed by atoms with Crippen molar-refractivity contribution in [1.29, 1.82) is 0 Å². The predicted molar refractivity (Wildman–Crippen MR) is 96.4 cm³/mol. The lowest BCUT2D eigenvalue weighted by Gasteiger charge is -2.31. The number of ether oxygens (including phenoxy) is 1. The van der Waals surface area contributed by atoms with Crippen LogP contribution in [-0.2, 0) is 12.8 Å². The average molecular weight is 355 g/mol. The highest BCUT2D eigenvalue weighted by Gasteiger charge is 2.29. The summed E-state index contributed by atoms with van der Waals surface area (Å²) in [5, 5.41) is 4.10. The summed E-state index contributed by atoms with van der Waals surface area (Å²) in [6.07, 6.45) is 3.62. The quantitative estimate of drug-likeness (QED) is 0.842. The number of fused-ring (bicyclic) bond motifs is 1. The average Bonchev–Trinajstić information content (AvgIpc) is 3.29. The van der Waals surface area contributed by atoms with E-state index in [9.17, 15) is 4.79 Å². The van der Waals surface area contributed by atoms with E-state index in [1.807, 2.05) is 23.1 Å². The number of benzene rings is 1. The molecule has 3 heterocycles. The third kappa shape index (κ3) is 3.45. The van der Waals surface area contributed by atoms with Crippen LogP contribution in [-0.4, -0.2) is 40.6 Å². The first kappa shape index (κ1) is 17.1. The van der Waals surface area contributed by atoms with Crippen LogP contribution in [0.4, 0.5) is 0 Å². The lowest BCUT2D eigenvalue weighted by Crippen LogP contribution is -2.39. The van der Waals surface area contributed by atoms with Gasteiger partial charge in [0.1, 0.15) is 5.75 Å². The maximum Gasteiger partial charge on any atom is 0.253 e. The number of piperidine rings is 1. The Bertz CT molecular complexity index is 799. The monoisotopic (exact) mass is 355 g/mol. The summed E-state index contributed by atoms with van der Waals surface area (Å²) in [6.45, 7) is 6.39. The molecule has 1 aromatic heterocycles. The molecule has 1 aromatic carbocycles. The van der Waals surface area contributed by atoms with Gasteiger partial charge in [-0.2, -0.15) is 4.98 Å². The van der Waals surface area contributed by atoms with Crippen LogP contribution in [0.5, 0.6) is 5.75 Å². The van der Waals surface area contributed by atoms with E-state index in [2.05, 4.69) is 24.0 Å². The molecule has 138 valence electrons. The van der Waals surface area contributed by atoms with Crippen molar-refractivity contribution in [3.63, 3.8) is 0 Å². The van der Waals surface area contributed by atoms with Crippen molar-refractivity contribution < 1.29 is 14.1 Å². The van der Waals surface area contributed by atoms with E-state index in [0.29, 0.717) is 25.0 Å². The Morgan fingerprint density at radius 2 is 2.27 bits per heavy atom. The summed E-state index contributed by atoms with van der Waals surface area (Å²) in [7, 11) is 0. The number of hydrogen-bond acceptors (Lipinski definition) is 5. The van der Waals surface area contributed by atoms with Crippen LogP contribution in [0.3, 0.4) is 0 Å². The number of rotatable bonds is 4. The topological polar surface area (TPSA) is 68.5 Å². The Morgan fingerprint density at radius 3 is 3.12 bits per heavy atom. The standard InChI is InChI=1S/C20H25N3O3/c1-13(2)10-18-21-19(26-22-18)16-4-3-8-23(12-16)20(24)15-5-6-17-14(11-15)7-9-25-17/h5-6,11,13,16H,3-4,7-10,12H2,1-2H3. The van der Waals surface area contributed by atoms with E-state index in [1.165, 1.54) is 0 Å². The molecule has 6 nitrogen and oxygen atoms in total. The molecule has 1 amide bonds. The van der Waals surface area contributed by atoms with E-state index in [-0.39, 0.29) is 11.8 Å². The lowest BCUT2D eigenvalue weighted by molar-refractivity contribution is 0.0695. The second-order valence-corrected chi connectivity index (χ2v) is 7.66. The fourth-order valence-electron chi connectivity index (χ4n) is 3.75. The number of carbonyl (C=O) groups is 1. The minimum Gasteiger partial charge on any atom is -0.493 e. The molecule has 2 aliphatic rings. The van der Waals surface area contributed by atoms with Crippen molar-refractivity contribution in [2.75, 3.05) is 19.7 Å². The Hall–Kier alpha value is -2.37. The van der Waals surface area contributed by atoms with Gasteiger partial charge in [-0.05, 0) is 42.5 Å². The number of nitrogens with zero attached hydrogens (tertiary/aromatic N) is 3. The zero-order chi connectivity index (χ0) is 18.1. The fraction of sp³-hybridized carbons (Fsp3) is 0.550. The summed E-state index contributed by atoms with van der Waals surface area (Å²) in [4.78, 5) is 19.4. The Labute approximate surface area is 153 Å². The van der Waals surface area contributed by atoms with Gasteiger partial charge >= 0.3 is 0 Å². The molecule has 1 saturated heterocycles. The van der Waals surface area contributed by atoms with Gasteiger partial charge in [-0.1, -0.05) is 19.0 Å². The first-order valence-corrected chi connectivity index (χ1v) is 9.47. The lowest BCUT2D eigenvalue weighted by atomic mass is 9.97. The minimum absolute atomic E-state index is 0.0753. The van der Waals surface area contributed by atoms with Crippen molar-refractivity contribution in [2.24, 2.45) is 5.92 Å². The van der Waals surface area contributed by atoms with Crippen LogP contribution in [0, 0.1) is 5.92 Å². The second kappa shape index (κ2) is 7.09. The summed E-state index contributed by atoms with van der Waals surface area (Å²) < 4.78 is 11.0. The van der Waals surface area contributed by atoms with Gasteiger partial charge in [-0.3, -0.25) is 4.79 Å². The summed E-state index contributed by atoms with van der Waals surface area (Å²) in [5.41, 5.74) is 1.86. The van der Waals surface area contributed by atoms with Gasteiger partial charge < -0.3 is 14.2 Å². The van der Waals surface area contributed by atoms with Gasteiger partial charge in [0, 0.05) is 31.5 Å². The molecule has 4 rings (SSSR count). The van der Waals surface area contributed by atoms with Crippen molar-refractivity contribution in [3.8, 4) is 5.75 Å². The maximum absolute atomic E-state index is 12.9. The molecule has 0 spiro atoms. The predicted octanol–water partition coefficient (Wildman–Crippen LogP) is 3.22. The van der Waals surface area contributed by atoms with Gasteiger partial charge in [0.25, 0.3) is 5.91 Å². The molecule has 1 unspecified atom stereocenters. The highest BCUT2D eigenvalue weighted by molar-refractivity contribution is 5.94. The molecule has 0 N–H and O–H groups in total. The largest absolute Gasteiger partial charge is 0.493 e. The van der Waals surface area contributed by atoms with E-state index >= 15 is 0 Å². The first-order chi connectivity index (χ1) is 12.6. The van der Waals surface area contributed by atoms with E-state index in [4.69, 9.17) is 9.26 Å². The molecule has 6 heteroatoms. The zero-order valence-corrected chi connectivity index (χ0v) is 15.4. The molecule has 2 aromatic rings. The Balaban J connectivity index is 1.46. The first-order valence-electron chi connectivity index (χ1n) is 9.47. The smallest absolute Gasteiger partial charge is 0.253 e. The number of amides is 1. The Morgan fingerprint density at radius 1 is 1.38 bits per heavy atom. The summed E-state index contributed by atoms with van der Waals surface area (Å²) in [5.74, 6) is 3.03. The van der Waals surface area contributed by atoms with Crippen LogP contribution in [0.1, 0.15) is 60.2 Å². The molecule has 1 atom stereocenters. The third-order valence-corrected chi connectivity index (χ3v) is 5.07. The molecule has 0 saturated carbocycles. The number of aromatic nitrogens is 2. The Kier molecular flexibility index (Phi) is 4.66. The fourth-order valence-corrected chi connectivity index (χ4v) is 3.75. The van der Waals surface area contributed by atoms with Crippen LogP contribution in [0.25, 0.3) is 0 Å². The van der Waals surface area contributed by atoms with Gasteiger partial charge in [0.15, 0.2) is 5.82 Å². The maximum atomic E-state index is 12.9. The molecule has 0 radical (unpaired) electrons. The summed E-state index contributed by atoms with van der Waals surface area (Å²) >= 11 is 0. The number of likely N-dealkylation sites (tertiary alicyclic amines) is 1. The molecule has 1 fully saturated rings. The van der Waals surface area contributed by atoms with Crippen LogP contribution >= 0.6 is 0 Å². The van der Waals surface area contributed by atoms with Gasteiger partial charge in [0.2, 0.25) is 5.89 Å². The highest BCUT2D eigenvalue weighted by atomic mass is 16.5. The number of hydrogen-bond donors (Lipinski definition) is 0.